The van der Waals surface area contributed by atoms with Crippen LogP contribution in [0.25, 0.3) is 0 Å². The Morgan fingerprint density at radius 3 is 1.55 bits per heavy atom. The van der Waals surface area contributed by atoms with Gasteiger partial charge in [0.05, 0.1) is 0 Å². The fourth-order valence-corrected chi connectivity index (χ4v) is 3.94. The summed E-state index contributed by atoms with van der Waals surface area (Å²) in [5, 5.41) is 19.1. The van der Waals surface area contributed by atoms with Crippen LogP contribution in [0, 0.1) is 0 Å². The number of carbonyl (C=O) groups excluding carboxylic acids is 2. The molecule has 0 aromatic carbocycles. The van der Waals surface area contributed by atoms with Gasteiger partial charge in [0.1, 0.15) is 11.1 Å². The summed E-state index contributed by atoms with van der Waals surface area (Å²) in [4.78, 5) is 49.1. The average molecular weight is 388 g/mol. The van der Waals surface area contributed by atoms with Gasteiger partial charge in [0.15, 0.2) is 11.6 Å². The normalized spacial score (nSPS) is 20.6. The highest BCUT2D eigenvalue weighted by molar-refractivity contribution is 6.28. The number of allylic oxidation sites excluding steroid dienone is 14. The largest absolute Gasteiger partial charge is 0.478 e. The van der Waals surface area contributed by atoms with Crippen LogP contribution < -0.4 is 0 Å². The van der Waals surface area contributed by atoms with Crippen molar-refractivity contribution in [1.82, 2.24) is 0 Å². The first-order chi connectivity index (χ1) is 13.9. The van der Waals surface area contributed by atoms with E-state index >= 15 is 0 Å². The molecule has 4 rings (SSSR count). The number of carbonyl (C=O) groups is 4. The second-order valence-electron chi connectivity index (χ2n) is 7.00. The summed E-state index contributed by atoms with van der Waals surface area (Å²) < 4.78 is 0. The average Bonchev–Trinajstić information content (AvgIpc) is 2.68. The number of hydrogen-bond donors (Lipinski definition) is 2. The van der Waals surface area contributed by atoms with E-state index in [1.807, 2.05) is 0 Å². The molecule has 0 spiro atoms. The van der Waals surface area contributed by atoms with E-state index in [4.69, 9.17) is 0 Å². The van der Waals surface area contributed by atoms with Crippen LogP contribution in [0.3, 0.4) is 0 Å². The molecule has 0 saturated carbocycles. The number of carboxylic acid groups (broad SMARTS) is 2. The zero-order valence-corrected chi connectivity index (χ0v) is 15.3. The standard InChI is InChI=1S/C23H16O6/c24-20-14(9-12-5-1-3-7-16(12)18(20)22(26)27)11-15-10-13-6-2-4-8-17(13)19(21(15)25)23(28)29/h1-6,9-10H,7-8,11H2,(H,26,27)(H,28,29). The maximum Gasteiger partial charge on any atom is 0.340 e. The van der Waals surface area contributed by atoms with Gasteiger partial charge in [-0.05, 0) is 47.3 Å². The van der Waals surface area contributed by atoms with Crippen LogP contribution in [0.4, 0.5) is 0 Å². The van der Waals surface area contributed by atoms with Gasteiger partial charge in [-0.25, -0.2) is 9.59 Å². The van der Waals surface area contributed by atoms with Crippen molar-refractivity contribution in [3.8, 4) is 0 Å². The second kappa shape index (κ2) is 6.98. The van der Waals surface area contributed by atoms with E-state index in [9.17, 15) is 29.4 Å². The van der Waals surface area contributed by atoms with Crippen LogP contribution in [0.1, 0.15) is 19.3 Å². The predicted octanol–water partition coefficient (Wildman–Crippen LogP) is 2.93. The summed E-state index contributed by atoms with van der Waals surface area (Å²) in [6.07, 6.45) is 14.3. The fraction of sp³-hybridized carbons (Fsp3) is 0.130. The van der Waals surface area contributed by atoms with Gasteiger partial charge in [0, 0.05) is 17.6 Å². The fourth-order valence-electron chi connectivity index (χ4n) is 3.94. The molecule has 0 aromatic heterocycles. The van der Waals surface area contributed by atoms with Crippen molar-refractivity contribution in [3.05, 3.63) is 93.2 Å². The quantitative estimate of drug-likeness (QED) is 0.717. The Bertz CT molecular complexity index is 1050. The highest BCUT2D eigenvalue weighted by Gasteiger charge is 2.35. The van der Waals surface area contributed by atoms with E-state index in [-0.39, 0.29) is 28.7 Å². The molecule has 0 unspecified atom stereocenters. The van der Waals surface area contributed by atoms with Crippen LogP contribution in [-0.2, 0) is 19.2 Å². The lowest BCUT2D eigenvalue weighted by molar-refractivity contribution is -0.135. The van der Waals surface area contributed by atoms with Gasteiger partial charge in [-0.2, -0.15) is 0 Å². The summed E-state index contributed by atoms with van der Waals surface area (Å²) in [6, 6.07) is 0. The minimum atomic E-state index is -1.31. The van der Waals surface area contributed by atoms with Crippen molar-refractivity contribution in [2.75, 3.05) is 0 Å². The second-order valence-corrected chi connectivity index (χ2v) is 7.00. The third kappa shape index (κ3) is 3.08. The third-order valence-corrected chi connectivity index (χ3v) is 5.27. The molecule has 144 valence electrons. The lowest BCUT2D eigenvalue weighted by Gasteiger charge is -2.24. The number of aliphatic carboxylic acids is 2. The molecular formula is C23H16O6. The van der Waals surface area contributed by atoms with E-state index in [1.165, 1.54) is 0 Å². The van der Waals surface area contributed by atoms with Crippen LogP contribution in [0.15, 0.2) is 93.2 Å². The first-order valence-electron chi connectivity index (χ1n) is 9.06. The molecule has 4 aliphatic rings. The minimum Gasteiger partial charge on any atom is -0.478 e. The topological polar surface area (TPSA) is 109 Å². The minimum absolute atomic E-state index is 0.131. The number of ketones is 2. The smallest absolute Gasteiger partial charge is 0.340 e. The van der Waals surface area contributed by atoms with Crippen molar-refractivity contribution in [2.24, 2.45) is 0 Å². The van der Waals surface area contributed by atoms with Gasteiger partial charge in [0.2, 0.25) is 0 Å². The van der Waals surface area contributed by atoms with Gasteiger partial charge in [-0.15, -0.1) is 0 Å². The highest BCUT2D eigenvalue weighted by Crippen LogP contribution is 2.37. The molecule has 0 heterocycles. The van der Waals surface area contributed by atoms with Crippen molar-refractivity contribution in [3.63, 3.8) is 0 Å². The number of hydrogen-bond acceptors (Lipinski definition) is 4. The Hall–Kier alpha value is -3.80. The molecule has 0 aromatic rings. The van der Waals surface area contributed by atoms with Crippen LogP contribution in [0.5, 0.6) is 0 Å². The predicted molar refractivity (Wildman–Crippen MR) is 104 cm³/mol. The molecule has 4 aliphatic carbocycles. The number of rotatable bonds is 4. The van der Waals surface area contributed by atoms with Gasteiger partial charge >= 0.3 is 11.9 Å². The van der Waals surface area contributed by atoms with Crippen molar-refractivity contribution < 1.29 is 29.4 Å². The van der Waals surface area contributed by atoms with Crippen LogP contribution in [-0.4, -0.2) is 33.7 Å². The van der Waals surface area contributed by atoms with Gasteiger partial charge in [-0.1, -0.05) is 36.5 Å². The molecule has 6 heteroatoms. The summed E-state index contributed by atoms with van der Waals surface area (Å²) in [5.41, 5.74) is 1.88. The van der Waals surface area contributed by atoms with Crippen molar-refractivity contribution in [2.45, 2.75) is 19.3 Å². The first-order valence-corrected chi connectivity index (χ1v) is 9.06. The van der Waals surface area contributed by atoms with Crippen LogP contribution in [0.2, 0.25) is 0 Å². The summed E-state index contributed by atoms with van der Waals surface area (Å²) in [5.74, 6) is -3.90. The molecule has 6 nitrogen and oxygen atoms in total. The Kier molecular flexibility index (Phi) is 4.47. The Morgan fingerprint density at radius 2 is 1.17 bits per heavy atom. The zero-order chi connectivity index (χ0) is 20.7. The lowest BCUT2D eigenvalue weighted by Crippen LogP contribution is -2.25. The third-order valence-electron chi connectivity index (χ3n) is 5.27. The highest BCUT2D eigenvalue weighted by atomic mass is 16.4. The number of Topliss-reactive ketones (excluding diaryl/α,β-unsaturated/α-hetero) is 2. The summed E-state index contributed by atoms with van der Waals surface area (Å²) in [6.45, 7) is 0. The van der Waals surface area contributed by atoms with Crippen LogP contribution >= 0.6 is 0 Å². The molecule has 0 atom stereocenters. The van der Waals surface area contributed by atoms with E-state index in [1.54, 1.807) is 48.6 Å². The van der Waals surface area contributed by atoms with E-state index in [0.717, 1.165) is 0 Å². The maximum atomic E-state index is 12.8. The maximum absolute atomic E-state index is 12.8. The number of carboxylic acids is 2. The Morgan fingerprint density at radius 1 is 0.759 bits per heavy atom. The summed E-state index contributed by atoms with van der Waals surface area (Å²) in [7, 11) is 0. The molecule has 0 amide bonds. The monoisotopic (exact) mass is 388 g/mol. The van der Waals surface area contributed by atoms with Crippen molar-refractivity contribution >= 4 is 23.5 Å². The molecular weight excluding hydrogens is 372 g/mol. The molecule has 0 bridgehead atoms. The number of fused-ring (bicyclic) bond motifs is 2. The SMILES string of the molecule is O=C(O)C1=C2CC=CC=C2C=C(CC2=CC3=CC=CCC3=C(C(=O)O)C2=O)C1=O. The molecule has 0 fully saturated rings. The molecule has 0 saturated heterocycles. The molecule has 2 N–H and O–H groups in total. The lowest BCUT2D eigenvalue weighted by atomic mass is 9.78. The van der Waals surface area contributed by atoms with E-state index < -0.39 is 23.5 Å². The van der Waals surface area contributed by atoms with E-state index in [2.05, 4.69) is 0 Å². The van der Waals surface area contributed by atoms with Gasteiger partial charge < -0.3 is 10.2 Å². The summed E-state index contributed by atoms with van der Waals surface area (Å²) >= 11 is 0. The Balaban J connectivity index is 1.74. The van der Waals surface area contributed by atoms with Crippen molar-refractivity contribution in [1.29, 1.82) is 0 Å². The zero-order valence-electron chi connectivity index (χ0n) is 15.3. The molecule has 29 heavy (non-hydrogen) atoms. The molecule has 0 radical (unpaired) electrons. The first kappa shape index (κ1) is 18.6. The van der Waals surface area contributed by atoms with Gasteiger partial charge in [0.25, 0.3) is 0 Å². The van der Waals surface area contributed by atoms with Gasteiger partial charge in [-0.3, -0.25) is 9.59 Å². The molecule has 0 aliphatic heterocycles. The Labute approximate surface area is 165 Å². The van der Waals surface area contributed by atoms with E-state index in [0.29, 0.717) is 35.1 Å².